The van der Waals surface area contributed by atoms with Gasteiger partial charge < -0.3 is 10.3 Å². The Balaban J connectivity index is 1.52. The van der Waals surface area contributed by atoms with Crippen LogP contribution in [0.15, 0.2) is 36.5 Å². The Hall–Kier alpha value is -3.17. The van der Waals surface area contributed by atoms with Crippen LogP contribution < -0.4 is 5.73 Å². The average Bonchev–Trinajstić information content (AvgIpc) is 2.96. The van der Waals surface area contributed by atoms with Gasteiger partial charge in [0.15, 0.2) is 5.82 Å². The molecule has 4 rings (SSSR count). The zero-order valence-corrected chi connectivity index (χ0v) is 15.6. The van der Waals surface area contributed by atoms with Crippen LogP contribution in [0.2, 0.25) is 0 Å². The van der Waals surface area contributed by atoms with Crippen molar-refractivity contribution in [3.05, 3.63) is 64.7 Å². The van der Waals surface area contributed by atoms with Crippen LogP contribution in [0.5, 0.6) is 0 Å². The van der Waals surface area contributed by atoms with Crippen molar-refractivity contribution in [2.75, 3.05) is 12.3 Å². The molecule has 136 valence electrons. The molecular formula is C21H22N6. The van der Waals surface area contributed by atoms with Gasteiger partial charge in [-0.3, -0.25) is 4.90 Å². The molecule has 2 aromatic heterocycles. The molecule has 3 aromatic rings. The summed E-state index contributed by atoms with van der Waals surface area (Å²) in [5.41, 5.74) is 12.8. The number of aromatic nitrogens is 3. The van der Waals surface area contributed by atoms with Crippen molar-refractivity contribution < 1.29 is 0 Å². The van der Waals surface area contributed by atoms with E-state index in [4.69, 9.17) is 10.7 Å². The number of nitrogen functional groups attached to an aromatic ring is 1. The first-order valence-electron chi connectivity index (χ1n) is 9.03. The smallest absolute Gasteiger partial charge is 0.159 e. The second-order valence-corrected chi connectivity index (χ2v) is 7.06. The quantitative estimate of drug-likeness (QED) is 0.728. The van der Waals surface area contributed by atoms with Gasteiger partial charge in [0.05, 0.1) is 5.69 Å². The largest absolute Gasteiger partial charge is 0.399 e. The minimum Gasteiger partial charge on any atom is -0.399 e. The highest BCUT2D eigenvalue weighted by Gasteiger charge is 2.20. The number of nitrogens with zero attached hydrogens (tertiary/aromatic N) is 5. The molecule has 1 aliphatic heterocycles. The third-order valence-corrected chi connectivity index (χ3v) is 5.33. The molecule has 1 aliphatic rings. The molecule has 3 heterocycles. The lowest BCUT2D eigenvalue weighted by Gasteiger charge is -2.28. The van der Waals surface area contributed by atoms with E-state index in [2.05, 4.69) is 22.9 Å². The zero-order valence-electron chi connectivity index (χ0n) is 15.6. The molecule has 0 spiro atoms. The Kier molecular flexibility index (Phi) is 4.38. The van der Waals surface area contributed by atoms with Gasteiger partial charge in [0, 0.05) is 61.8 Å². The first kappa shape index (κ1) is 17.3. The summed E-state index contributed by atoms with van der Waals surface area (Å²) >= 11 is 0. The SMILES string of the molecule is Cc1c(CN2CCc3nc(-c4ccc(N)cc4)ncc3C2)cc(C#N)n1C. The predicted molar refractivity (Wildman–Crippen MR) is 105 cm³/mol. The summed E-state index contributed by atoms with van der Waals surface area (Å²) in [5.74, 6) is 0.750. The second kappa shape index (κ2) is 6.86. The lowest BCUT2D eigenvalue weighted by atomic mass is 10.1. The molecule has 0 saturated heterocycles. The third kappa shape index (κ3) is 3.29. The van der Waals surface area contributed by atoms with Crippen LogP contribution in [0, 0.1) is 18.3 Å². The van der Waals surface area contributed by atoms with E-state index in [1.165, 1.54) is 11.1 Å². The number of nitrogens with two attached hydrogens (primary N) is 1. The maximum atomic E-state index is 9.22. The van der Waals surface area contributed by atoms with Gasteiger partial charge >= 0.3 is 0 Å². The minimum atomic E-state index is 0.705. The third-order valence-electron chi connectivity index (χ3n) is 5.33. The molecule has 0 fully saturated rings. The molecule has 0 radical (unpaired) electrons. The predicted octanol–water partition coefficient (Wildman–Crippen LogP) is 2.80. The molecule has 0 atom stereocenters. The summed E-state index contributed by atoms with van der Waals surface area (Å²) in [6, 6.07) is 11.9. The molecular weight excluding hydrogens is 336 g/mol. The molecule has 6 nitrogen and oxygen atoms in total. The monoisotopic (exact) mass is 358 g/mol. The summed E-state index contributed by atoms with van der Waals surface area (Å²) < 4.78 is 1.95. The maximum absolute atomic E-state index is 9.22. The van der Waals surface area contributed by atoms with Crippen LogP contribution in [0.4, 0.5) is 5.69 Å². The van der Waals surface area contributed by atoms with Crippen molar-refractivity contribution in [2.24, 2.45) is 7.05 Å². The number of anilines is 1. The summed E-state index contributed by atoms with van der Waals surface area (Å²) in [5, 5.41) is 9.22. The Labute approximate surface area is 158 Å². The molecule has 0 bridgehead atoms. The normalized spacial score (nSPS) is 14.0. The lowest BCUT2D eigenvalue weighted by Crippen LogP contribution is -2.31. The van der Waals surface area contributed by atoms with Crippen molar-refractivity contribution in [1.82, 2.24) is 19.4 Å². The van der Waals surface area contributed by atoms with Crippen LogP contribution in [-0.2, 0) is 26.6 Å². The Morgan fingerprint density at radius 3 is 2.74 bits per heavy atom. The topological polar surface area (TPSA) is 83.8 Å². The van der Waals surface area contributed by atoms with E-state index >= 15 is 0 Å². The average molecular weight is 358 g/mol. The van der Waals surface area contributed by atoms with Gasteiger partial charge in [-0.05, 0) is 42.8 Å². The summed E-state index contributed by atoms with van der Waals surface area (Å²) in [7, 11) is 1.94. The molecule has 2 N–H and O–H groups in total. The van der Waals surface area contributed by atoms with E-state index in [0.29, 0.717) is 5.69 Å². The Bertz CT molecular complexity index is 1030. The fourth-order valence-electron chi connectivity index (χ4n) is 3.55. The van der Waals surface area contributed by atoms with Crippen LogP contribution in [0.3, 0.4) is 0 Å². The number of hydrogen-bond donors (Lipinski definition) is 1. The highest BCUT2D eigenvalue weighted by molar-refractivity contribution is 5.58. The van der Waals surface area contributed by atoms with E-state index < -0.39 is 0 Å². The van der Waals surface area contributed by atoms with Crippen LogP contribution in [-0.4, -0.2) is 26.0 Å². The fraction of sp³-hybridized carbons (Fsp3) is 0.286. The highest BCUT2D eigenvalue weighted by Crippen LogP contribution is 2.24. The van der Waals surface area contributed by atoms with E-state index in [9.17, 15) is 5.26 Å². The van der Waals surface area contributed by atoms with Gasteiger partial charge in [-0.2, -0.15) is 5.26 Å². The second-order valence-electron chi connectivity index (χ2n) is 7.06. The number of fused-ring (bicyclic) bond motifs is 1. The first-order chi connectivity index (χ1) is 13.0. The molecule has 0 saturated carbocycles. The van der Waals surface area contributed by atoms with Crippen LogP contribution >= 0.6 is 0 Å². The maximum Gasteiger partial charge on any atom is 0.159 e. The van der Waals surface area contributed by atoms with Crippen molar-refractivity contribution in [3.63, 3.8) is 0 Å². The first-order valence-corrected chi connectivity index (χ1v) is 9.03. The number of rotatable bonds is 3. The van der Waals surface area contributed by atoms with Crippen molar-refractivity contribution in [2.45, 2.75) is 26.4 Å². The van der Waals surface area contributed by atoms with E-state index in [0.717, 1.165) is 54.5 Å². The van der Waals surface area contributed by atoms with Gasteiger partial charge in [0.1, 0.15) is 11.8 Å². The zero-order chi connectivity index (χ0) is 19.0. The van der Waals surface area contributed by atoms with E-state index in [1.54, 1.807) is 0 Å². The van der Waals surface area contributed by atoms with Crippen molar-refractivity contribution >= 4 is 5.69 Å². The van der Waals surface area contributed by atoms with Gasteiger partial charge in [-0.1, -0.05) is 0 Å². The van der Waals surface area contributed by atoms with Crippen LogP contribution in [0.25, 0.3) is 11.4 Å². The summed E-state index contributed by atoms with van der Waals surface area (Å²) in [4.78, 5) is 11.7. The highest BCUT2D eigenvalue weighted by atomic mass is 15.1. The van der Waals surface area contributed by atoms with Crippen molar-refractivity contribution in [3.8, 4) is 17.5 Å². The van der Waals surface area contributed by atoms with E-state index in [-0.39, 0.29) is 0 Å². The Morgan fingerprint density at radius 2 is 2.04 bits per heavy atom. The molecule has 0 unspecified atom stereocenters. The molecule has 27 heavy (non-hydrogen) atoms. The van der Waals surface area contributed by atoms with Crippen LogP contribution in [0.1, 0.15) is 28.2 Å². The van der Waals surface area contributed by atoms with Crippen molar-refractivity contribution in [1.29, 1.82) is 5.26 Å². The standard InChI is InChI=1S/C21H22N6/c1-14-16(9-19(10-22)26(14)2)12-27-8-7-20-17(13-27)11-24-21(25-20)15-3-5-18(23)6-4-15/h3-6,9,11H,7-8,12-13,23H2,1-2H3. The summed E-state index contributed by atoms with van der Waals surface area (Å²) in [6.07, 6.45) is 2.84. The van der Waals surface area contributed by atoms with E-state index in [1.807, 2.05) is 48.1 Å². The molecule has 0 aliphatic carbocycles. The van der Waals surface area contributed by atoms with Gasteiger partial charge in [0.25, 0.3) is 0 Å². The minimum absolute atomic E-state index is 0.705. The molecule has 6 heteroatoms. The Morgan fingerprint density at radius 1 is 1.26 bits per heavy atom. The number of nitriles is 1. The number of hydrogen-bond acceptors (Lipinski definition) is 5. The summed E-state index contributed by atoms with van der Waals surface area (Å²) in [6.45, 7) is 4.67. The lowest BCUT2D eigenvalue weighted by molar-refractivity contribution is 0.242. The van der Waals surface area contributed by atoms with Gasteiger partial charge in [0.2, 0.25) is 0 Å². The fourth-order valence-corrected chi connectivity index (χ4v) is 3.55. The number of benzene rings is 1. The van der Waals surface area contributed by atoms with Gasteiger partial charge in [-0.25, -0.2) is 9.97 Å². The van der Waals surface area contributed by atoms with Gasteiger partial charge in [-0.15, -0.1) is 0 Å². The molecule has 0 amide bonds. The molecule has 1 aromatic carbocycles.